The number of ether oxygens (including phenoxy) is 2. The Morgan fingerprint density at radius 1 is 1.00 bits per heavy atom. The quantitative estimate of drug-likeness (QED) is 0.746. The molecule has 28 heavy (non-hydrogen) atoms. The van der Waals surface area contributed by atoms with E-state index >= 15 is 0 Å². The number of carbonyl (C=O) groups excluding carboxylic acids is 1. The van der Waals surface area contributed by atoms with Crippen molar-refractivity contribution in [2.45, 2.75) is 52.1 Å². The summed E-state index contributed by atoms with van der Waals surface area (Å²) in [6.45, 7) is 8.02. The van der Waals surface area contributed by atoms with Gasteiger partial charge in [-0.05, 0) is 41.7 Å². The Kier molecular flexibility index (Phi) is 6.80. The van der Waals surface area contributed by atoms with Crippen LogP contribution in [0.2, 0.25) is 0 Å². The molecule has 150 valence electrons. The third-order valence-electron chi connectivity index (χ3n) is 5.34. The minimum absolute atomic E-state index is 0.0324. The standard InChI is InChI=1S/C23H30N2O3/c1-4-17-6-8-18(9-7-17)15-24-23(26)25-20(5-2)16(3)19-10-11-21-22(14-19)28-13-12-27-21/h6-11,14,16,20H,4-5,12-13,15H2,1-3H3,(H2,24,25,26). The lowest BCUT2D eigenvalue weighted by Crippen LogP contribution is -2.43. The normalized spacial score (nSPS) is 14.8. The highest BCUT2D eigenvalue weighted by Crippen LogP contribution is 2.34. The van der Waals surface area contributed by atoms with Crippen molar-refractivity contribution in [2.75, 3.05) is 13.2 Å². The average molecular weight is 383 g/mol. The van der Waals surface area contributed by atoms with Gasteiger partial charge >= 0.3 is 6.03 Å². The van der Waals surface area contributed by atoms with Crippen molar-refractivity contribution in [3.05, 3.63) is 59.2 Å². The lowest BCUT2D eigenvalue weighted by molar-refractivity contribution is 0.171. The van der Waals surface area contributed by atoms with Gasteiger partial charge in [-0.15, -0.1) is 0 Å². The van der Waals surface area contributed by atoms with Gasteiger partial charge in [0.1, 0.15) is 13.2 Å². The number of nitrogens with one attached hydrogen (secondary N) is 2. The van der Waals surface area contributed by atoms with Gasteiger partial charge in [-0.2, -0.15) is 0 Å². The van der Waals surface area contributed by atoms with Gasteiger partial charge in [0.25, 0.3) is 0 Å². The molecule has 0 spiro atoms. The maximum Gasteiger partial charge on any atom is 0.315 e. The van der Waals surface area contributed by atoms with E-state index in [1.54, 1.807) is 0 Å². The number of benzene rings is 2. The smallest absolute Gasteiger partial charge is 0.315 e. The van der Waals surface area contributed by atoms with Gasteiger partial charge in [0.15, 0.2) is 11.5 Å². The first-order chi connectivity index (χ1) is 13.6. The monoisotopic (exact) mass is 382 g/mol. The van der Waals surface area contributed by atoms with E-state index in [0.717, 1.165) is 35.5 Å². The summed E-state index contributed by atoms with van der Waals surface area (Å²) in [7, 11) is 0. The Morgan fingerprint density at radius 2 is 1.68 bits per heavy atom. The van der Waals surface area contributed by atoms with E-state index in [9.17, 15) is 4.79 Å². The molecule has 2 aromatic rings. The molecule has 0 saturated carbocycles. The molecule has 2 atom stereocenters. The summed E-state index contributed by atoms with van der Waals surface area (Å²) in [6.07, 6.45) is 1.86. The predicted molar refractivity (Wildman–Crippen MR) is 111 cm³/mol. The minimum atomic E-state index is -0.143. The molecule has 2 amide bonds. The third-order valence-corrected chi connectivity index (χ3v) is 5.34. The van der Waals surface area contributed by atoms with E-state index in [2.05, 4.69) is 61.7 Å². The van der Waals surface area contributed by atoms with Gasteiger partial charge in [0, 0.05) is 18.5 Å². The zero-order valence-electron chi connectivity index (χ0n) is 17.0. The van der Waals surface area contributed by atoms with Crippen molar-refractivity contribution < 1.29 is 14.3 Å². The number of hydrogen-bond donors (Lipinski definition) is 2. The zero-order chi connectivity index (χ0) is 19.9. The van der Waals surface area contributed by atoms with E-state index < -0.39 is 0 Å². The molecule has 2 N–H and O–H groups in total. The van der Waals surface area contributed by atoms with Crippen LogP contribution < -0.4 is 20.1 Å². The molecule has 0 fully saturated rings. The second-order valence-corrected chi connectivity index (χ2v) is 7.20. The number of fused-ring (bicyclic) bond motifs is 1. The topological polar surface area (TPSA) is 59.6 Å². The highest BCUT2D eigenvalue weighted by atomic mass is 16.6. The van der Waals surface area contributed by atoms with Crippen LogP contribution in [0.3, 0.4) is 0 Å². The van der Waals surface area contributed by atoms with Crippen molar-refractivity contribution in [3.63, 3.8) is 0 Å². The summed E-state index contributed by atoms with van der Waals surface area (Å²) < 4.78 is 11.3. The Hall–Kier alpha value is -2.69. The maximum absolute atomic E-state index is 12.4. The van der Waals surface area contributed by atoms with E-state index in [0.29, 0.717) is 19.8 Å². The summed E-state index contributed by atoms with van der Waals surface area (Å²) in [6, 6.07) is 14.3. The molecule has 0 aromatic heterocycles. The number of amides is 2. The molecule has 1 aliphatic heterocycles. The van der Waals surface area contributed by atoms with Crippen molar-refractivity contribution in [1.82, 2.24) is 10.6 Å². The lowest BCUT2D eigenvalue weighted by atomic mass is 9.91. The zero-order valence-corrected chi connectivity index (χ0v) is 17.0. The van der Waals surface area contributed by atoms with E-state index in [1.165, 1.54) is 5.56 Å². The molecule has 0 bridgehead atoms. The van der Waals surface area contributed by atoms with Crippen LogP contribution in [0.5, 0.6) is 11.5 Å². The number of rotatable bonds is 7. The third kappa shape index (κ3) is 4.97. The molecule has 2 unspecified atom stereocenters. The second kappa shape index (κ2) is 9.49. The Morgan fingerprint density at radius 3 is 2.36 bits per heavy atom. The minimum Gasteiger partial charge on any atom is -0.486 e. The van der Waals surface area contributed by atoms with Crippen LogP contribution in [0.15, 0.2) is 42.5 Å². The molecule has 0 saturated heterocycles. The molecule has 0 radical (unpaired) electrons. The molecule has 0 aliphatic carbocycles. The largest absolute Gasteiger partial charge is 0.486 e. The SMILES string of the molecule is CCc1ccc(CNC(=O)NC(CC)C(C)c2ccc3c(c2)OCCO3)cc1. The predicted octanol–water partition coefficient (Wildman–Crippen LogP) is 4.40. The summed E-state index contributed by atoms with van der Waals surface area (Å²) >= 11 is 0. The average Bonchev–Trinajstić information content (AvgIpc) is 2.75. The maximum atomic E-state index is 12.4. The van der Waals surface area contributed by atoms with Crippen molar-refractivity contribution in [3.8, 4) is 11.5 Å². The summed E-state index contributed by atoms with van der Waals surface area (Å²) in [5.74, 6) is 1.73. The van der Waals surface area contributed by atoms with Crippen molar-refractivity contribution in [2.24, 2.45) is 0 Å². The molecule has 2 aromatic carbocycles. The first-order valence-electron chi connectivity index (χ1n) is 10.1. The van der Waals surface area contributed by atoms with Crippen LogP contribution in [0.4, 0.5) is 4.79 Å². The molecular weight excluding hydrogens is 352 g/mol. The fourth-order valence-electron chi connectivity index (χ4n) is 3.45. The number of urea groups is 1. The highest BCUT2D eigenvalue weighted by molar-refractivity contribution is 5.74. The Labute approximate surface area is 167 Å². The summed E-state index contributed by atoms with van der Waals surface area (Å²) in [5.41, 5.74) is 3.53. The van der Waals surface area contributed by atoms with Crippen LogP contribution in [0.25, 0.3) is 0 Å². The van der Waals surface area contributed by atoms with E-state index in [-0.39, 0.29) is 18.0 Å². The first kappa shape index (κ1) is 20.1. The van der Waals surface area contributed by atoms with Crippen molar-refractivity contribution in [1.29, 1.82) is 0 Å². The molecule has 5 heteroatoms. The fraction of sp³-hybridized carbons (Fsp3) is 0.435. The van der Waals surface area contributed by atoms with Gasteiger partial charge in [0.05, 0.1) is 0 Å². The van der Waals surface area contributed by atoms with Crippen LogP contribution >= 0.6 is 0 Å². The molecular formula is C23H30N2O3. The molecule has 5 nitrogen and oxygen atoms in total. The van der Waals surface area contributed by atoms with Crippen molar-refractivity contribution >= 4 is 6.03 Å². The Balaban J connectivity index is 1.57. The molecule has 1 heterocycles. The second-order valence-electron chi connectivity index (χ2n) is 7.20. The van der Waals surface area contributed by atoms with Gasteiger partial charge in [-0.25, -0.2) is 4.79 Å². The van der Waals surface area contributed by atoms with E-state index in [1.807, 2.05) is 12.1 Å². The van der Waals surface area contributed by atoms with Crippen LogP contribution in [0.1, 0.15) is 49.8 Å². The number of aryl methyl sites for hydroxylation is 1. The van der Waals surface area contributed by atoms with Gasteiger partial charge in [0.2, 0.25) is 0 Å². The number of carbonyl (C=O) groups is 1. The number of hydrogen-bond acceptors (Lipinski definition) is 3. The molecule has 1 aliphatic rings. The molecule has 3 rings (SSSR count). The summed E-state index contributed by atoms with van der Waals surface area (Å²) in [4.78, 5) is 12.4. The van der Waals surface area contributed by atoms with E-state index in [4.69, 9.17) is 9.47 Å². The van der Waals surface area contributed by atoms with Gasteiger partial charge < -0.3 is 20.1 Å². The van der Waals surface area contributed by atoms with Gasteiger partial charge in [-0.1, -0.05) is 51.1 Å². The Bertz CT molecular complexity index is 789. The van der Waals surface area contributed by atoms with Crippen LogP contribution in [0, 0.1) is 0 Å². The fourth-order valence-corrected chi connectivity index (χ4v) is 3.45. The van der Waals surface area contributed by atoms with Crippen LogP contribution in [-0.4, -0.2) is 25.3 Å². The summed E-state index contributed by atoms with van der Waals surface area (Å²) in [5, 5.41) is 6.08. The first-order valence-corrected chi connectivity index (χ1v) is 10.1. The van der Waals surface area contributed by atoms with Crippen LogP contribution in [-0.2, 0) is 13.0 Å². The highest BCUT2D eigenvalue weighted by Gasteiger charge is 2.21. The lowest BCUT2D eigenvalue weighted by Gasteiger charge is -2.26. The van der Waals surface area contributed by atoms with Gasteiger partial charge in [-0.3, -0.25) is 0 Å².